The van der Waals surface area contributed by atoms with Crippen molar-refractivity contribution in [2.24, 2.45) is 0 Å². The van der Waals surface area contributed by atoms with Crippen molar-refractivity contribution in [1.82, 2.24) is 10.7 Å². The number of aryl methyl sites for hydroxylation is 1. The number of carbonyl (C=O) groups excluding carboxylic acids is 2. The highest BCUT2D eigenvalue weighted by molar-refractivity contribution is 5.98. The molecule has 2 amide bonds. The summed E-state index contributed by atoms with van der Waals surface area (Å²) in [6.07, 6.45) is 1.81. The number of nitrogens with zero attached hydrogens (tertiary/aromatic N) is 1. The molecule has 0 unspecified atom stereocenters. The second-order valence-corrected chi connectivity index (χ2v) is 8.16. The molecule has 1 fully saturated rings. The molecule has 8 nitrogen and oxygen atoms in total. The van der Waals surface area contributed by atoms with E-state index in [2.05, 4.69) is 10.7 Å². The van der Waals surface area contributed by atoms with Crippen LogP contribution in [0.4, 0.5) is 0 Å². The average molecular weight is 475 g/mol. The summed E-state index contributed by atoms with van der Waals surface area (Å²) in [6.45, 7) is 2.00. The van der Waals surface area contributed by atoms with Gasteiger partial charge in [0.1, 0.15) is 5.75 Å². The highest BCUT2D eigenvalue weighted by Gasteiger charge is 2.47. The van der Waals surface area contributed by atoms with Gasteiger partial charge >= 0.3 is 5.91 Å². The number of hydrazone groups is 1. The fraction of sp³-hybridized carbons (Fsp3) is 0.222. The van der Waals surface area contributed by atoms with Gasteiger partial charge in [-0.3, -0.25) is 9.59 Å². The van der Waals surface area contributed by atoms with E-state index in [0.717, 1.165) is 16.7 Å². The minimum atomic E-state index is -0.816. The van der Waals surface area contributed by atoms with Gasteiger partial charge in [0, 0.05) is 16.7 Å². The number of hydrogen-bond acceptors (Lipinski definition) is 5. The van der Waals surface area contributed by atoms with E-state index < -0.39 is 12.1 Å². The van der Waals surface area contributed by atoms with E-state index in [4.69, 9.17) is 14.2 Å². The van der Waals surface area contributed by atoms with Crippen molar-refractivity contribution in [3.05, 3.63) is 89.0 Å². The molecule has 4 rings (SSSR count). The fourth-order valence-electron chi connectivity index (χ4n) is 4.00. The lowest BCUT2D eigenvalue weighted by Gasteiger charge is -2.15. The zero-order chi connectivity index (χ0) is 24.9. The van der Waals surface area contributed by atoms with Crippen LogP contribution in [0.1, 0.15) is 33.1 Å². The maximum Gasteiger partial charge on any atom is 0.304 e. The van der Waals surface area contributed by atoms with Crippen LogP contribution in [0, 0.1) is 6.92 Å². The molecule has 1 heterocycles. The average Bonchev–Trinajstić information content (AvgIpc) is 3.18. The number of amides is 2. The zero-order valence-electron chi connectivity index (χ0n) is 20.1. The van der Waals surface area contributed by atoms with E-state index in [1.54, 1.807) is 56.3 Å². The van der Waals surface area contributed by atoms with Crippen molar-refractivity contribution < 1.29 is 28.5 Å². The van der Waals surface area contributed by atoms with Gasteiger partial charge in [-0.1, -0.05) is 29.8 Å². The molecular weight excluding hydrogens is 446 g/mol. The molecule has 0 aromatic heterocycles. The number of ether oxygens (including phenoxy) is 3. The van der Waals surface area contributed by atoms with Gasteiger partial charge in [0.05, 0.1) is 21.3 Å². The van der Waals surface area contributed by atoms with Crippen LogP contribution in [0.15, 0.2) is 66.7 Å². The standard InChI is InChI=1S/C27H27N3O5/c1-17-5-8-19(9-6-17)25-24(28-26(31)20-10-12-21(33-2)13-11-20)27(32)29-30(25)16-18-7-14-22(34-3)23(15-18)35-4/h5-16,24-25H,1-4H3,(H-,28,29,31,32)/p+1/b30-16-/t24-,25-/m1/s1. The Balaban J connectivity index is 1.69. The molecule has 0 saturated carbocycles. The summed E-state index contributed by atoms with van der Waals surface area (Å²) in [5, 5.41) is 2.90. The smallest absolute Gasteiger partial charge is 0.304 e. The largest absolute Gasteiger partial charge is 0.497 e. The molecule has 2 atom stereocenters. The Kier molecular flexibility index (Phi) is 7.01. The Morgan fingerprint density at radius 2 is 1.60 bits per heavy atom. The van der Waals surface area contributed by atoms with E-state index in [9.17, 15) is 9.59 Å². The highest BCUT2D eigenvalue weighted by atomic mass is 16.5. The molecule has 3 aromatic carbocycles. The van der Waals surface area contributed by atoms with Crippen LogP contribution in [0.3, 0.4) is 0 Å². The van der Waals surface area contributed by atoms with Crippen molar-refractivity contribution in [3.63, 3.8) is 0 Å². The van der Waals surface area contributed by atoms with Gasteiger partial charge in [-0.2, -0.15) is 0 Å². The summed E-state index contributed by atoms with van der Waals surface area (Å²) in [4.78, 5) is 26.1. The van der Waals surface area contributed by atoms with E-state index in [1.807, 2.05) is 49.5 Å². The number of hydrazine groups is 1. The van der Waals surface area contributed by atoms with Crippen LogP contribution < -0.4 is 25.0 Å². The normalized spacial score (nSPS) is 18.2. The predicted molar refractivity (Wildman–Crippen MR) is 131 cm³/mol. The van der Waals surface area contributed by atoms with Gasteiger partial charge < -0.3 is 19.5 Å². The van der Waals surface area contributed by atoms with E-state index in [1.165, 1.54) is 0 Å². The van der Waals surface area contributed by atoms with Crippen molar-refractivity contribution in [3.8, 4) is 17.2 Å². The number of methoxy groups -OCH3 is 3. The first-order valence-corrected chi connectivity index (χ1v) is 11.1. The molecule has 0 radical (unpaired) electrons. The Morgan fingerprint density at radius 3 is 2.23 bits per heavy atom. The van der Waals surface area contributed by atoms with Crippen molar-refractivity contribution >= 4 is 18.0 Å². The molecule has 0 aliphatic carbocycles. The lowest BCUT2D eigenvalue weighted by molar-refractivity contribution is -0.596. The van der Waals surface area contributed by atoms with Gasteiger partial charge in [-0.25, -0.2) is 0 Å². The maximum absolute atomic E-state index is 13.1. The van der Waals surface area contributed by atoms with E-state index in [-0.39, 0.29) is 11.8 Å². The lowest BCUT2D eigenvalue weighted by atomic mass is 9.98. The SMILES string of the molecule is COc1ccc(C(=O)N[C@H]2C(=O)N/[N+](=C\c3ccc(OC)c(OC)c3)[C@@H]2c2ccc(C)cc2)cc1. The molecule has 2 N–H and O–H groups in total. The van der Waals surface area contributed by atoms with Crippen LogP contribution in [0.5, 0.6) is 17.2 Å². The summed E-state index contributed by atoms with van der Waals surface area (Å²) < 4.78 is 17.6. The van der Waals surface area contributed by atoms with Gasteiger partial charge in [0.15, 0.2) is 17.5 Å². The Bertz CT molecular complexity index is 1250. The van der Waals surface area contributed by atoms with Gasteiger partial charge in [0.25, 0.3) is 5.91 Å². The van der Waals surface area contributed by atoms with E-state index >= 15 is 0 Å². The Morgan fingerprint density at radius 1 is 0.914 bits per heavy atom. The summed E-state index contributed by atoms with van der Waals surface area (Å²) in [5.41, 5.74) is 6.09. The number of carbonyl (C=O) groups is 2. The number of hydrogen-bond donors (Lipinski definition) is 2. The summed E-state index contributed by atoms with van der Waals surface area (Å²) in [6, 6.07) is 18.8. The highest BCUT2D eigenvalue weighted by Crippen LogP contribution is 2.29. The van der Waals surface area contributed by atoms with Crippen LogP contribution in [0.2, 0.25) is 0 Å². The zero-order valence-corrected chi connectivity index (χ0v) is 20.1. The maximum atomic E-state index is 13.1. The second-order valence-electron chi connectivity index (χ2n) is 8.16. The van der Waals surface area contributed by atoms with Crippen molar-refractivity contribution in [2.45, 2.75) is 19.0 Å². The van der Waals surface area contributed by atoms with Gasteiger partial charge in [-0.15, -0.1) is 10.1 Å². The first kappa shape index (κ1) is 23.8. The molecule has 0 spiro atoms. The third kappa shape index (κ3) is 5.11. The Labute approximate surface area is 204 Å². The molecular formula is C27H28N3O5+. The van der Waals surface area contributed by atoms with Crippen LogP contribution >= 0.6 is 0 Å². The lowest BCUT2D eigenvalue weighted by Crippen LogP contribution is -2.42. The van der Waals surface area contributed by atoms with Crippen LogP contribution in [0.25, 0.3) is 0 Å². The second kappa shape index (κ2) is 10.3. The number of nitrogens with one attached hydrogen (secondary N) is 2. The summed E-state index contributed by atoms with van der Waals surface area (Å²) in [7, 11) is 4.71. The molecule has 3 aromatic rings. The molecule has 1 saturated heterocycles. The van der Waals surface area contributed by atoms with Crippen molar-refractivity contribution in [2.75, 3.05) is 21.3 Å². The van der Waals surface area contributed by atoms with Crippen molar-refractivity contribution in [1.29, 1.82) is 0 Å². The minimum Gasteiger partial charge on any atom is -0.497 e. The molecule has 8 heteroatoms. The predicted octanol–water partition coefficient (Wildman–Crippen LogP) is 3.04. The van der Waals surface area contributed by atoms with Crippen LogP contribution in [-0.2, 0) is 4.79 Å². The fourth-order valence-corrected chi connectivity index (χ4v) is 4.00. The number of benzene rings is 3. The third-order valence-electron chi connectivity index (χ3n) is 5.89. The molecule has 0 bridgehead atoms. The Hall–Kier alpha value is -4.33. The number of rotatable bonds is 7. The topological polar surface area (TPSA) is 88.9 Å². The first-order valence-electron chi connectivity index (χ1n) is 11.1. The summed E-state index contributed by atoms with van der Waals surface area (Å²) in [5.74, 6) is 1.17. The van der Waals surface area contributed by atoms with Gasteiger partial charge in [0.2, 0.25) is 12.3 Å². The monoisotopic (exact) mass is 474 g/mol. The first-order chi connectivity index (χ1) is 16.9. The van der Waals surface area contributed by atoms with E-state index in [0.29, 0.717) is 22.8 Å². The quantitative estimate of drug-likeness (QED) is 0.514. The molecule has 180 valence electrons. The molecule has 1 aliphatic rings. The van der Waals surface area contributed by atoms with Gasteiger partial charge in [-0.05, 0) is 49.4 Å². The summed E-state index contributed by atoms with van der Waals surface area (Å²) >= 11 is 0. The molecule has 35 heavy (non-hydrogen) atoms. The minimum absolute atomic E-state index is 0.311. The third-order valence-corrected chi connectivity index (χ3v) is 5.89. The molecule has 1 aliphatic heterocycles. The van der Waals surface area contributed by atoms with Crippen LogP contribution in [-0.4, -0.2) is 50.1 Å².